The Bertz CT molecular complexity index is 695. The lowest BCUT2D eigenvalue weighted by Crippen LogP contribution is -2.13. The van der Waals surface area contributed by atoms with Crippen molar-refractivity contribution < 1.29 is 9.59 Å². The average Bonchev–Trinajstić information content (AvgIpc) is 3.07. The van der Waals surface area contributed by atoms with Gasteiger partial charge in [-0.05, 0) is 18.4 Å². The average molecular weight is 359 g/mol. The fourth-order valence-corrected chi connectivity index (χ4v) is 3.21. The molecule has 0 aliphatic carbocycles. The molecule has 0 unspecified atom stereocenters. The minimum absolute atomic E-state index is 0.0182. The van der Waals surface area contributed by atoms with E-state index in [4.69, 9.17) is 0 Å². The van der Waals surface area contributed by atoms with Gasteiger partial charge >= 0.3 is 0 Å². The Labute approximate surface area is 152 Å². The SMILES string of the molecule is CCCCCc1nnc(NC(=O)CCC(=O)c2ccc(CC)cc2)s1. The van der Waals surface area contributed by atoms with E-state index in [2.05, 4.69) is 29.4 Å². The van der Waals surface area contributed by atoms with Gasteiger partial charge in [-0.3, -0.25) is 9.59 Å². The topological polar surface area (TPSA) is 72.0 Å². The van der Waals surface area contributed by atoms with Gasteiger partial charge < -0.3 is 5.32 Å². The molecule has 0 saturated carbocycles. The van der Waals surface area contributed by atoms with Crippen LogP contribution < -0.4 is 5.32 Å². The predicted molar refractivity (Wildman–Crippen MR) is 101 cm³/mol. The number of rotatable bonds is 10. The molecule has 5 nitrogen and oxygen atoms in total. The van der Waals surface area contributed by atoms with Crippen molar-refractivity contribution in [3.05, 3.63) is 40.4 Å². The number of unbranched alkanes of at least 4 members (excludes halogenated alkanes) is 2. The fourth-order valence-electron chi connectivity index (χ4n) is 2.41. The van der Waals surface area contributed by atoms with Crippen molar-refractivity contribution in [1.82, 2.24) is 10.2 Å². The van der Waals surface area contributed by atoms with Crippen molar-refractivity contribution >= 4 is 28.2 Å². The van der Waals surface area contributed by atoms with Gasteiger partial charge in [-0.1, -0.05) is 62.3 Å². The molecular weight excluding hydrogens is 334 g/mol. The predicted octanol–water partition coefficient (Wildman–Crippen LogP) is 4.43. The molecule has 0 radical (unpaired) electrons. The molecule has 0 spiro atoms. The highest BCUT2D eigenvalue weighted by Crippen LogP contribution is 2.18. The molecule has 0 saturated heterocycles. The van der Waals surface area contributed by atoms with Crippen molar-refractivity contribution in [1.29, 1.82) is 0 Å². The number of carbonyl (C=O) groups excluding carboxylic acids is 2. The first-order valence-corrected chi connectivity index (χ1v) is 9.68. The number of anilines is 1. The quantitative estimate of drug-likeness (QED) is 0.503. The van der Waals surface area contributed by atoms with Gasteiger partial charge in [-0.15, -0.1) is 10.2 Å². The maximum absolute atomic E-state index is 12.1. The molecule has 25 heavy (non-hydrogen) atoms. The molecule has 0 aliphatic heterocycles. The Balaban J connectivity index is 1.77. The monoisotopic (exact) mass is 359 g/mol. The number of carbonyl (C=O) groups is 2. The second-order valence-corrected chi connectivity index (χ2v) is 7.04. The second-order valence-electron chi connectivity index (χ2n) is 5.98. The van der Waals surface area contributed by atoms with E-state index in [1.807, 2.05) is 24.3 Å². The van der Waals surface area contributed by atoms with Crippen LogP contribution in [-0.4, -0.2) is 21.9 Å². The Kier molecular flexibility index (Phi) is 7.73. The normalized spacial score (nSPS) is 10.6. The first kappa shape index (κ1) is 19.2. The first-order chi connectivity index (χ1) is 12.1. The highest BCUT2D eigenvalue weighted by atomic mass is 32.1. The van der Waals surface area contributed by atoms with E-state index < -0.39 is 0 Å². The van der Waals surface area contributed by atoms with Gasteiger partial charge in [0.1, 0.15) is 5.01 Å². The molecule has 1 aromatic heterocycles. The maximum atomic E-state index is 12.1. The Morgan fingerprint density at radius 1 is 1.04 bits per heavy atom. The van der Waals surface area contributed by atoms with Crippen LogP contribution in [0.2, 0.25) is 0 Å². The third kappa shape index (κ3) is 6.38. The number of aromatic nitrogens is 2. The molecule has 2 rings (SSSR count). The summed E-state index contributed by atoms with van der Waals surface area (Å²) in [5.41, 5.74) is 1.85. The standard InChI is InChI=1S/C19H25N3O2S/c1-3-5-6-7-18-21-22-19(25-18)20-17(24)13-12-16(23)15-10-8-14(4-2)9-11-15/h8-11H,3-7,12-13H2,1-2H3,(H,20,22,24). The molecule has 2 aromatic rings. The summed E-state index contributed by atoms with van der Waals surface area (Å²) in [6, 6.07) is 7.56. The van der Waals surface area contributed by atoms with Crippen LogP contribution in [0, 0.1) is 0 Å². The lowest BCUT2D eigenvalue weighted by Gasteiger charge is -2.03. The molecule has 0 fully saturated rings. The van der Waals surface area contributed by atoms with Gasteiger partial charge in [-0.2, -0.15) is 0 Å². The van der Waals surface area contributed by atoms with Crippen molar-refractivity contribution in [2.24, 2.45) is 0 Å². The zero-order valence-corrected chi connectivity index (χ0v) is 15.7. The summed E-state index contributed by atoms with van der Waals surface area (Å²) in [6.07, 6.45) is 5.61. The third-order valence-corrected chi connectivity index (χ3v) is 4.87. The lowest BCUT2D eigenvalue weighted by atomic mass is 10.0. The van der Waals surface area contributed by atoms with E-state index >= 15 is 0 Å². The van der Waals surface area contributed by atoms with E-state index in [1.54, 1.807) is 0 Å². The van der Waals surface area contributed by atoms with Crippen LogP contribution in [0.4, 0.5) is 5.13 Å². The summed E-state index contributed by atoms with van der Waals surface area (Å²) in [5, 5.41) is 12.3. The van der Waals surface area contributed by atoms with Gasteiger partial charge in [0, 0.05) is 24.8 Å². The van der Waals surface area contributed by atoms with E-state index in [0.717, 1.165) is 30.7 Å². The summed E-state index contributed by atoms with van der Waals surface area (Å²) in [4.78, 5) is 24.1. The molecule has 1 amide bonds. The van der Waals surface area contributed by atoms with Crippen LogP contribution in [0.25, 0.3) is 0 Å². The van der Waals surface area contributed by atoms with Gasteiger partial charge in [0.25, 0.3) is 0 Å². The van der Waals surface area contributed by atoms with Crippen LogP contribution in [0.3, 0.4) is 0 Å². The second kappa shape index (κ2) is 10.0. The van der Waals surface area contributed by atoms with E-state index in [1.165, 1.54) is 23.3 Å². The smallest absolute Gasteiger partial charge is 0.226 e. The highest BCUT2D eigenvalue weighted by Gasteiger charge is 2.12. The minimum atomic E-state index is -0.199. The van der Waals surface area contributed by atoms with E-state index in [-0.39, 0.29) is 24.5 Å². The number of nitrogens with zero attached hydrogens (tertiary/aromatic N) is 2. The van der Waals surface area contributed by atoms with Gasteiger partial charge in [0.15, 0.2) is 5.78 Å². The number of amides is 1. The summed E-state index contributed by atoms with van der Waals surface area (Å²) < 4.78 is 0. The molecule has 0 aliphatic rings. The number of nitrogens with one attached hydrogen (secondary N) is 1. The minimum Gasteiger partial charge on any atom is -0.301 e. The van der Waals surface area contributed by atoms with Crippen LogP contribution >= 0.6 is 11.3 Å². The zero-order valence-electron chi connectivity index (χ0n) is 14.9. The summed E-state index contributed by atoms with van der Waals surface area (Å²) in [7, 11) is 0. The molecule has 6 heteroatoms. The van der Waals surface area contributed by atoms with Crippen molar-refractivity contribution in [2.75, 3.05) is 5.32 Å². The number of hydrogen-bond donors (Lipinski definition) is 1. The number of hydrogen-bond acceptors (Lipinski definition) is 5. The number of benzene rings is 1. The number of aryl methyl sites for hydroxylation is 2. The summed E-state index contributed by atoms with van der Waals surface area (Å²) in [5.74, 6) is -0.217. The highest BCUT2D eigenvalue weighted by molar-refractivity contribution is 7.15. The molecule has 0 bridgehead atoms. The van der Waals surface area contributed by atoms with Crippen LogP contribution in [0.1, 0.15) is 66.9 Å². The Hall–Kier alpha value is -2.08. The van der Waals surface area contributed by atoms with Crippen molar-refractivity contribution in [2.45, 2.75) is 58.8 Å². The zero-order chi connectivity index (χ0) is 18.1. The number of Topliss-reactive ketones (excluding diaryl/α,β-unsaturated/α-hetero) is 1. The van der Waals surface area contributed by atoms with Crippen LogP contribution in [0.5, 0.6) is 0 Å². The molecule has 1 aromatic carbocycles. The number of ketones is 1. The molecule has 134 valence electrons. The molecule has 1 N–H and O–H groups in total. The van der Waals surface area contributed by atoms with E-state index in [9.17, 15) is 9.59 Å². The summed E-state index contributed by atoms with van der Waals surface area (Å²) >= 11 is 1.41. The third-order valence-electron chi connectivity index (χ3n) is 3.97. The molecule has 0 atom stereocenters. The van der Waals surface area contributed by atoms with Gasteiger partial charge in [-0.25, -0.2) is 0 Å². The van der Waals surface area contributed by atoms with Crippen LogP contribution in [0.15, 0.2) is 24.3 Å². The van der Waals surface area contributed by atoms with Crippen LogP contribution in [-0.2, 0) is 17.6 Å². The molecular formula is C19H25N3O2S. The van der Waals surface area contributed by atoms with Crippen molar-refractivity contribution in [3.8, 4) is 0 Å². The largest absolute Gasteiger partial charge is 0.301 e. The van der Waals surface area contributed by atoms with Gasteiger partial charge in [0.2, 0.25) is 11.0 Å². The van der Waals surface area contributed by atoms with Gasteiger partial charge in [0.05, 0.1) is 0 Å². The van der Waals surface area contributed by atoms with Crippen molar-refractivity contribution in [3.63, 3.8) is 0 Å². The lowest BCUT2D eigenvalue weighted by molar-refractivity contribution is -0.116. The Morgan fingerprint density at radius 2 is 1.80 bits per heavy atom. The van der Waals surface area contributed by atoms with E-state index in [0.29, 0.717) is 10.7 Å². The maximum Gasteiger partial charge on any atom is 0.226 e. The Morgan fingerprint density at radius 3 is 2.48 bits per heavy atom. The molecule has 1 heterocycles. The fraction of sp³-hybridized carbons (Fsp3) is 0.474. The first-order valence-electron chi connectivity index (χ1n) is 8.86. The summed E-state index contributed by atoms with van der Waals surface area (Å²) in [6.45, 7) is 4.23.